The lowest BCUT2D eigenvalue weighted by molar-refractivity contribution is -0.149. The fourth-order valence-electron chi connectivity index (χ4n) is 8.78. The second-order valence-corrected chi connectivity index (χ2v) is 17.3. The molecule has 1 N–H and O–H groups in total. The van der Waals surface area contributed by atoms with E-state index in [0.29, 0.717) is 13.0 Å². The number of ether oxygens (including phenoxy) is 2. The predicted molar refractivity (Wildman–Crippen MR) is 214 cm³/mol. The number of ketones is 2. The number of carbonyl (C=O) groups is 4. The van der Waals surface area contributed by atoms with Gasteiger partial charge in [-0.3, -0.25) is 19.2 Å². The number of rotatable bonds is 21. The minimum atomic E-state index is -0.594. The second kappa shape index (κ2) is 20.3. The monoisotopic (exact) mass is 766 g/mol. The molecule has 0 saturated carbocycles. The first kappa shape index (κ1) is 43.7. The normalized spacial score (nSPS) is 22.7. The van der Waals surface area contributed by atoms with Crippen LogP contribution >= 0.6 is 11.3 Å². The molecule has 10 nitrogen and oxygen atoms in total. The van der Waals surface area contributed by atoms with Gasteiger partial charge in [0.15, 0.2) is 5.78 Å². The zero-order chi connectivity index (χ0) is 39.6. The van der Waals surface area contributed by atoms with Crippen molar-refractivity contribution in [2.75, 3.05) is 34.4 Å². The molecule has 1 aromatic heterocycles. The molecule has 0 unspecified atom stereocenters. The van der Waals surface area contributed by atoms with E-state index in [9.17, 15) is 19.2 Å². The van der Waals surface area contributed by atoms with Crippen LogP contribution in [0.15, 0.2) is 41.9 Å². The number of hydrogen-bond donors (Lipinski definition) is 1. The van der Waals surface area contributed by atoms with Crippen LogP contribution in [0.4, 0.5) is 0 Å². The molecule has 2 amide bonds. The Bertz CT molecular complexity index is 1500. The Kier molecular flexibility index (Phi) is 16.4. The third-order valence-corrected chi connectivity index (χ3v) is 13.4. The van der Waals surface area contributed by atoms with Crippen LogP contribution in [0.5, 0.6) is 0 Å². The summed E-state index contributed by atoms with van der Waals surface area (Å²) in [5.74, 6) is -0.937. The third kappa shape index (κ3) is 10.6. The summed E-state index contributed by atoms with van der Waals surface area (Å²) >= 11 is 1.57. The van der Waals surface area contributed by atoms with Crippen LogP contribution in [-0.4, -0.2) is 102 Å². The zero-order valence-electron chi connectivity index (χ0n) is 34.2. The van der Waals surface area contributed by atoms with Crippen molar-refractivity contribution in [3.63, 3.8) is 0 Å². The first-order valence-corrected chi connectivity index (χ1v) is 21.0. The number of thiazole rings is 1. The van der Waals surface area contributed by atoms with E-state index in [1.807, 2.05) is 56.2 Å². The average Bonchev–Trinajstić information content (AvgIpc) is 3.97. The smallest absolute Gasteiger partial charge is 0.226 e. The molecule has 11 heteroatoms. The number of amides is 2. The number of carbonyl (C=O) groups excluding carboxylic acids is 4. The maximum Gasteiger partial charge on any atom is 0.226 e. The molecule has 2 aromatic rings. The van der Waals surface area contributed by atoms with Crippen molar-refractivity contribution >= 4 is 34.7 Å². The summed E-state index contributed by atoms with van der Waals surface area (Å²) in [6, 6.07) is 9.56. The van der Waals surface area contributed by atoms with E-state index >= 15 is 0 Å². The van der Waals surface area contributed by atoms with Gasteiger partial charge in [-0.05, 0) is 63.0 Å². The van der Waals surface area contributed by atoms with Gasteiger partial charge in [0.1, 0.15) is 5.78 Å². The number of nitrogens with one attached hydrogen (secondary N) is 1. The first-order valence-electron chi connectivity index (χ1n) is 20.1. The maximum atomic E-state index is 14.3. The van der Waals surface area contributed by atoms with Crippen molar-refractivity contribution in [1.82, 2.24) is 20.1 Å². The van der Waals surface area contributed by atoms with Gasteiger partial charge >= 0.3 is 0 Å². The number of nitrogens with zero attached hydrogens (tertiary/aromatic N) is 3. The van der Waals surface area contributed by atoms with Crippen molar-refractivity contribution in [2.45, 2.75) is 135 Å². The number of aromatic nitrogens is 1. The zero-order valence-corrected chi connectivity index (χ0v) is 35.0. The van der Waals surface area contributed by atoms with E-state index in [0.717, 1.165) is 55.6 Å². The predicted octanol–water partition coefficient (Wildman–Crippen LogP) is 6.72. The Hall–Kier alpha value is -2.99. The van der Waals surface area contributed by atoms with Crippen molar-refractivity contribution in [3.8, 4) is 0 Å². The molecule has 0 aliphatic carbocycles. The molecule has 2 saturated heterocycles. The van der Waals surface area contributed by atoms with Crippen LogP contribution < -0.4 is 5.32 Å². The summed E-state index contributed by atoms with van der Waals surface area (Å²) in [6.45, 7) is 13.4. The van der Waals surface area contributed by atoms with E-state index in [2.05, 4.69) is 36.3 Å². The van der Waals surface area contributed by atoms with Crippen LogP contribution in [0.3, 0.4) is 0 Å². The quantitative estimate of drug-likeness (QED) is 0.149. The molecule has 2 fully saturated rings. The fraction of sp³-hybridized carbons (Fsp3) is 0.698. The molecule has 4 rings (SSSR count). The van der Waals surface area contributed by atoms with Gasteiger partial charge in [-0.1, -0.05) is 71.4 Å². The molecule has 1 aromatic carbocycles. The first-order chi connectivity index (χ1) is 25.8. The van der Waals surface area contributed by atoms with Gasteiger partial charge < -0.3 is 24.6 Å². The van der Waals surface area contributed by atoms with Gasteiger partial charge in [-0.25, -0.2) is 4.98 Å². The number of benzene rings is 1. The highest BCUT2D eigenvalue weighted by atomic mass is 32.1. The van der Waals surface area contributed by atoms with Crippen LogP contribution in [0.2, 0.25) is 0 Å². The topological polar surface area (TPSA) is 118 Å². The van der Waals surface area contributed by atoms with E-state index in [-0.39, 0.29) is 66.1 Å². The highest BCUT2D eigenvalue weighted by Crippen LogP contribution is 2.34. The van der Waals surface area contributed by atoms with E-state index in [1.165, 1.54) is 0 Å². The summed E-state index contributed by atoms with van der Waals surface area (Å²) in [6.07, 6.45) is 6.16. The standard InChI is InChI=1S/C43H66N4O6S/c1-10-29(4)39(46(7)42(51)33(28(2)3)26-37(49)43(6)19-15-20-45-43)36(52-8)27-38(50)47-22-14-18-34(47)40(53-9)30(5)35(48)25-32(41-44-21-23-54-41)24-31-16-12-11-13-17-31/h11-13,16-17,21,23,28-30,32-34,36,39-40,45H,10,14-15,18-20,22,24-27H2,1-9H3/t29-,30-,32+,33-,34-,36+,39-,40+,43-/m0/s1. The Morgan fingerprint density at radius 3 is 2.33 bits per heavy atom. The molecule has 0 bridgehead atoms. The van der Waals surface area contributed by atoms with E-state index in [4.69, 9.17) is 9.47 Å². The Morgan fingerprint density at radius 2 is 1.76 bits per heavy atom. The summed E-state index contributed by atoms with van der Waals surface area (Å²) in [5.41, 5.74) is 0.567. The summed E-state index contributed by atoms with van der Waals surface area (Å²) < 4.78 is 12.2. The number of methoxy groups -OCH3 is 2. The largest absolute Gasteiger partial charge is 0.379 e. The maximum absolute atomic E-state index is 14.3. The molecule has 9 atom stereocenters. The number of Topliss-reactive ketones (excluding diaryl/α,β-unsaturated/α-hetero) is 2. The number of hydrogen-bond acceptors (Lipinski definition) is 9. The SMILES string of the molecule is CC[C@H](C)[C@@H]([C@@H](CC(=O)N1CCC[C@H]1[C@H](OC)[C@@H](C)C(=O)C[C@@H](Cc1ccccc1)c1nccs1)OC)N(C)C(=O)[C@@H](CC(=O)[C@]1(C)CCCN1)C(C)C. The van der Waals surface area contributed by atoms with Gasteiger partial charge in [0.25, 0.3) is 0 Å². The van der Waals surface area contributed by atoms with Crippen LogP contribution in [0.25, 0.3) is 0 Å². The van der Waals surface area contributed by atoms with Gasteiger partial charge in [-0.15, -0.1) is 11.3 Å². The average molecular weight is 767 g/mol. The van der Waals surface area contributed by atoms with Gasteiger partial charge in [0.05, 0.1) is 41.3 Å². The molecule has 2 aliphatic rings. The van der Waals surface area contributed by atoms with Crippen molar-refractivity contribution in [3.05, 3.63) is 52.5 Å². The molecule has 0 spiro atoms. The molecule has 0 radical (unpaired) electrons. The molecular formula is C43H66N4O6S. The fourth-order valence-corrected chi connectivity index (χ4v) is 9.52. The lowest BCUT2D eigenvalue weighted by Crippen LogP contribution is -2.54. The minimum absolute atomic E-state index is 0.0367. The lowest BCUT2D eigenvalue weighted by atomic mass is 9.82. The van der Waals surface area contributed by atoms with Crippen molar-refractivity contribution in [2.24, 2.45) is 23.7 Å². The highest BCUT2D eigenvalue weighted by molar-refractivity contribution is 7.09. The third-order valence-electron chi connectivity index (χ3n) is 12.4. The van der Waals surface area contributed by atoms with Gasteiger partial charge in [-0.2, -0.15) is 0 Å². The molecular weight excluding hydrogens is 701 g/mol. The van der Waals surface area contributed by atoms with Gasteiger partial charge in [0, 0.05) is 70.0 Å². The lowest BCUT2D eigenvalue weighted by Gasteiger charge is -2.41. The number of likely N-dealkylation sites (tertiary alicyclic amines) is 1. The van der Waals surface area contributed by atoms with E-state index < -0.39 is 29.6 Å². The number of likely N-dealkylation sites (N-methyl/N-ethyl adjacent to an activating group) is 1. The molecule has 3 heterocycles. The second-order valence-electron chi connectivity index (χ2n) is 16.4. The van der Waals surface area contributed by atoms with Crippen molar-refractivity contribution in [1.29, 1.82) is 0 Å². The van der Waals surface area contributed by atoms with Gasteiger partial charge in [0.2, 0.25) is 11.8 Å². The molecule has 54 heavy (non-hydrogen) atoms. The van der Waals surface area contributed by atoms with Crippen molar-refractivity contribution < 1.29 is 28.7 Å². The molecule has 300 valence electrons. The summed E-state index contributed by atoms with van der Waals surface area (Å²) in [7, 11) is 5.04. The molecule has 2 aliphatic heterocycles. The Balaban J connectivity index is 1.47. The van der Waals surface area contributed by atoms with Crippen LogP contribution in [0.1, 0.15) is 109 Å². The summed E-state index contributed by atoms with van der Waals surface area (Å²) in [4.78, 5) is 64.3. The van der Waals surface area contributed by atoms with Crippen LogP contribution in [-0.2, 0) is 35.1 Å². The summed E-state index contributed by atoms with van der Waals surface area (Å²) in [5, 5.41) is 6.25. The Labute approximate surface area is 328 Å². The highest BCUT2D eigenvalue weighted by Gasteiger charge is 2.44. The van der Waals surface area contributed by atoms with E-state index in [1.54, 1.807) is 43.7 Å². The van der Waals surface area contributed by atoms with Crippen LogP contribution in [0, 0.1) is 23.7 Å². The Morgan fingerprint density at radius 1 is 1.04 bits per heavy atom. The minimum Gasteiger partial charge on any atom is -0.379 e.